The highest BCUT2D eigenvalue weighted by molar-refractivity contribution is 6.00. The van der Waals surface area contributed by atoms with E-state index in [9.17, 15) is 14.4 Å². The number of carbonyl (C=O) groups is 2. The molecule has 2 amide bonds. The molecule has 3 heterocycles. The summed E-state index contributed by atoms with van der Waals surface area (Å²) in [5.41, 5.74) is 2.17. The second kappa shape index (κ2) is 10.3. The van der Waals surface area contributed by atoms with Crippen LogP contribution in [0.4, 0.5) is 5.69 Å². The number of piperidine rings is 1. The Morgan fingerprint density at radius 3 is 2.62 bits per heavy atom. The van der Waals surface area contributed by atoms with E-state index in [-0.39, 0.29) is 18.0 Å². The van der Waals surface area contributed by atoms with Gasteiger partial charge in [-0.05, 0) is 37.9 Å². The second-order valence-electron chi connectivity index (χ2n) is 8.78. The van der Waals surface area contributed by atoms with Crippen molar-refractivity contribution >= 4 is 28.5 Å². The number of imidazole rings is 1. The summed E-state index contributed by atoms with van der Waals surface area (Å²) in [6.07, 6.45) is 5.28. The molecule has 2 aliphatic heterocycles. The molecule has 4 rings (SSSR count). The highest BCUT2D eigenvalue weighted by Crippen LogP contribution is 2.27. The average molecular weight is 443 g/mol. The van der Waals surface area contributed by atoms with Gasteiger partial charge in [0, 0.05) is 46.2 Å². The van der Waals surface area contributed by atoms with Gasteiger partial charge in [0.25, 0.3) is 0 Å². The number of aryl methyl sites for hydroxylation is 1. The minimum Gasteiger partial charge on any atom is -0.383 e. The van der Waals surface area contributed by atoms with Crippen LogP contribution in [0.1, 0.15) is 44.6 Å². The Balaban J connectivity index is 1.35. The molecule has 1 aromatic carbocycles. The van der Waals surface area contributed by atoms with Crippen molar-refractivity contribution in [2.24, 2.45) is 7.05 Å². The van der Waals surface area contributed by atoms with E-state index in [1.807, 2.05) is 18.2 Å². The van der Waals surface area contributed by atoms with Gasteiger partial charge in [-0.3, -0.25) is 24.0 Å². The molecular weight excluding hydrogens is 408 g/mol. The van der Waals surface area contributed by atoms with Gasteiger partial charge in [0.1, 0.15) is 6.04 Å². The van der Waals surface area contributed by atoms with Crippen molar-refractivity contribution < 1.29 is 9.59 Å². The lowest BCUT2D eigenvalue weighted by atomic mass is 10.1. The van der Waals surface area contributed by atoms with Crippen molar-refractivity contribution in [3.8, 4) is 0 Å². The number of nitrogens with one attached hydrogen (secondary N) is 3. The Labute approximate surface area is 188 Å². The molecule has 0 bridgehead atoms. The number of nitrogens with zero attached hydrogens (tertiary/aromatic N) is 3. The smallest absolute Gasteiger partial charge is 0.329 e. The van der Waals surface area contributed by atoms with Crippen LogP contribution in [0.3, 0.4) is 0 Å². The topological polar surface area (TPSA) is 100 Å². The molecule has 0 spiro atoms. The first kappa shape index (κ1) is 22.5. The fourth-order valence-electron chi connectivity index (χ4n) is 4.78. The van der Waals surface area contributed by atoms with E-state index in [0.717, 1.165) is 50.3 Å². The lowest BCUT2D eigenvalue weighted by molar-refractivity contribution is -0.135. The third kappa shape index (κ3) is 4.88. The number of piperazine rings is 1. The van der Waals surface area contributed by atoms with Gasteiger partial charge >= 0.3 is 5.69 Å². The van der Waals surface area contributed by atoms with Gasteiger partial charge in [0.05, 0.1) is 16.7 Å². The maximum Gasteiger partial charge on any atom is 0.329 e. The van der Waals surface area contributed by atoms with Crippen LogP contribution >= 0.6 is 0 Å². The van der Waals surface area contributed by atoms with Crippen LogP contribution in [0.5, 0.6) is 0 Å². The van der Waals surface area contributed by atoms with E-state index in [0.29, 0.717) is 11.9 Å². The normalized spacial score (nSPS) is 20.0. The van der Waals surface area contributed by atoms with Crippen LogP contribution < -0.4 is 21.6 Å². The van der Waals surface area contributed by atoms with Gasteiger partial charge < -0.3 is 15.5 Å². The summed E-state index contributed by atoms with van der Waals surface area (Å²) in [5, 5.41) is 9.23. The predicted octanol–water partition coefficient (Wildman–Crippen LogP) is 1.20. The zero-order valence-electron chi connectivity index (χ0n) is 18.9. The molecule has 9 nitrogen and oxygen atoms in total. The quantitative estimate of drug-likeness (QED) is 0.399. The van der Waals surface area contributed by atoms with Crippen molar-refractivity contribution in [1.82, 2.24) is 24.7 Å². The summed E-state index contributed by atoms with van der Waals surface area (Å²) in [6.45, 7) is 6.53. The number of rotatable bonds is 9. The van der Waals surface area contributed by atoms with Crippen molar-refractivity contribution in [3.63, 3.8) is 0 Å². The first-order valence-electron chi connectivity index (χ1n) is 11.8. The number of carbonyl (C=O) groups excluding carboxylic acids is 2. The van der Waals surface area contributed by atoms with Crippen LogP contribution in [0.25, 0.3) is 11.0 Å². The number of hydrogen-bond acceptors (Lipinski definition) is 6. The largest absolute Gasteiger partial charge is 0.383 e. The van der Waals surface area contributed by atoms with Gasteiger partial charge in [0.15, 0.2) is 0 Å². The van der Waals surface area contributed by atoms with E-state index >= 15 is 0 Å². The lowest BCUT2D eigenvalue weighted by Gasteiger charge is -2.27. The van der Waals surface area contributed by atoms with E-state index in [1.165, 1.54) is 30.4 Å². The Morgan fingerprint density at radius 2 is 1.84 bits per heavy atom. The highest BCUT2D eigenvalue weighted by Gasteiger charge is 2.31. The van der Waals surface area contributed by atoms with Gasteiger partial charge in [-0.1, -0.05) is 18.9 Å². The molecule has 0 saturated carbocycles. The Bertz CT molecular complexity index is 1020. The summed E-state index contributed by atoms with van der Waals surface area (Å²) < 4.78 is 3.12. The summed E-state index contributed by atoms with van der Waals surface area (Å²) in [6, 6.07) is 5.08. The van der Waals surface area contributed by atoms with E-state index < -0.39 is 11.9 Å². The van der Waals surface area contributed by atoms with Gasteiger partial charge in [-0.25, -0.2) is 4.79 Å². The lowest BCUT2D eigenvalue weighted by Crippen LogP contribution is -2.44. The van der Waals surface area contributed by atoms with Crippen molar-refractivity contribution in [1.29, 1.82) is 0 Å². The number of aromatic nitrogens is 2. The van der Waals surface area contributed by atoms with E-state index in [2.05, 4.69) is 20.9 Å². The minimum absolute atomic E-state index is 0.239. The molecule has 174 valence electrons. The zero-order valence-corrected chi connectivity index (χ0v) is 18.9. The number of fused-ring (bicyclic) bond motifs is 1. The molecule has 0 aliphatic carbocycles. The third-order valence-electron chi connectivity index (χ3n) is 6.55. The molecule has 1 unspecified atom stereocenters. The minimum atomic E-state index is -0.658. The standard InChI is InChI=1S/C23H34N6O3/c1-27-21-17(25-11-4-2-3-5-14-28-15-12-24-13-16-28)7-6-8-18(21)29(23(27)32)19-9-10-20(30)26-22(19)31/h6-8,19,24-25H,2-5,9-16H2,1H3,(H,26,30,31). The molecule has 9 heteroatoms. The fourth-order valence-corrected chi connectivity index (χ4v) is 4.78. The number of hydrogen-bond donors (Lipinski definition) is 3. The molecule has 2 aromatic rings. The molecule has 2 saturated heterocycles. The number of imide groups is 1. The Kier molecular flexibility index (Phi) is 7.26. The van der Waals surface area contributed by atoms with E-state index in [1.54, 1.807) is 11.6 Å². The van der Waals surface area contributed by atoms with Crippen LogP contribution in [-0.2, 0) is 16.6 Å². The number of para-hydroxylation sites is 1. The summed E-state index contributed by atoms with van der Waals surface area (Å²) in [4.78, 5) is 39.4. The molecule has 32 heavy (non-hydrogen) atoms. The maximum absolute atomic E-state index is 13.0. The van der Waals surface area contributed by atoms with Gasteiger partial charge in [-0.15, -0.1) is 0 Å². The van der Waals surface area contributed by atoms with Crippen molar-refractivity contribution in [2.75, 3.05) is 44.6 Å². The molecule has 3 N–H and O–H groups in total. The number of unbranched alkanes of at least 4 members (excludes halogenated alkanes) is 3. The Morgan fingerprint density at radius 1 is 1.06 bits per heavy atom. The Hall–Kier alpha value is -2.65. The zero-order chi connectivity index (χ0) is 22.5. The van der Waals surface area contributed by atoms with Crippen LogP contribution in [0.2, 0.25) is 0 Å². The summed E-state index contributed by atoms with van der Waals surface area (Å²) in [7, 11) is 1.73. The summed E-state index contributed by atoms with van der Waals surface area (Å²) in [5.74, 6) is -0.690. The molecule has 0 radical (unpaired) electrons. The molecule has 2 fully saturated rings. The second-order valence-corrected chi connectivity index (χ2v) is 8.78. The first-order chi connectivity index (χ1) is 15.6. The van der Waals surface area contributed by atoms with Crippen LogP contribution in [0, 0.1) is 0 Å². The van der Waals surface area contributed by atoms with Gasteiger partial charge in [0.2, 0.25) is 11.8 Å². The third-order valence-corrected chi connectivity index (χ3v) is 6.55. The number of anilines is 1. The number of amides is 2. The molecular formula is C23H34N6O3. The van der Waals surface area contributed by atoms with E-state index in [4.69, 9.17) is 0 Å². The van der Waals surface area contributed by atoms with Crippen LogP contribution in [-0.4, -0.2) is 65.1 Å². The SMILES string of the molecule is Cn1c(=O)n(C2CCC(=O)NC2=O)c2cccc(NCCCCCCN3CCNCC3)c21. The predicted molar refractivity (Wildman–Crippen MR) is 125 cm³/mol. The number of benzene rings is 1. The monoisotopic (exact) mass is 442 g/mol. The average Bonchev–Trinajstić information content (AvgIpc) is 3.05. The fraction of sp³-hybridized carbons (Fsp3) is 0.609. The molecule has 1 atom stereocenters. The molecule has 2 aliphatic rings. The highest BCUT2D eigenvalue weighted by atomic mass is 16.2. The van der Waals surface area contributed by atoms with Crippen molar-refractivity contribution in [2.45, 2.75) is 44.6 Å². The first-order valence-corrected chi connectivity index (χ1v) is 11.8. The maximum atomic E-state index is 13.0. The molecule has 1 aromatic heterocycles. The van der Waals surface area contributed by atoms with Crippen molar-refractivity contribution in [3.05, 3.63) is 28.7 Å². The summed E-state index contributed by atoms with van der Waals surface area (Å²) >= 11 is 0. The van der Waals surface area contributed by atoms with Crippen LogP contribution in [0.15, 0.2) is 23.0 Å². The van der Waals surface area contributed by atoms with Gasteiger partial charge in [-0.2, -0.15) is 0 Å².